The Morgan fingerprint density at radius 2 is 2.00 bits per heavy atom. The van der Waals surface area contributed by atoms with E-state index in [0.29, 0.717) is 43.8 Å². The van der Waals surface area contributed by atoms with Crippen LogP contribution in [0.1, 0.15) is 24.2 Å². The third-order valence-corrected chi connectivity index (χ3v) is 3.91. The standard InChI is InChI=1S/C14H13Cl3N2O2/c1-3-18-12-7(14(20)21-4-2)6-19-13-9(16)5-8(15)11(17)10(12)13/h5-6H,3-4H2,1-2H3,(H,18,19). The number of hydrogen-bond acceptors (Lipinski definition) is 4. The van der Waals surface area contributed by atoms with E-state index in [2.05, 4.69) is 10.3 Å². The van der Waals surface area contributed by atoms with E-state index in [1.54, 1.807) is 6.92 Å². The van der Waals surface area contributed by atoms with Crippen molar-refractivity contribution in [3.05, 3.63) is 32.9 Å². The van der Waals surface area contributed by atoms with Gasteiger partial charge in [0.2, 0.25) is 0 Å². The highest BCUT2D eigenvalue weighted by Gasteiger charge is 2.20. The first kappa shape index (κ1) is 16.1. The maximum Gasteiger partial charge on any atom is 0.341 e. The fraction of sp³-hybridized carbons (Fsp3) is 0.286. The lowest BCUT2D eigenvalue weighted by atomic mass is 10.1. The highest BCUT2D eigenvalue weighted by atomic mass is 35.5. The summed E-state index contributed by atoms with van der Waals surface area (Å²) in [7, 11) is 0. The van der Waals surface area contributed by atoms with E-state index in [-0.39, 0.29) is 6.61 Å². The van der Waals surface area contributed by atoms with Crippen molar-refractivity contribution in [3.8, 4) is 0 Å². The summed E-state index contributed by atoms with van der Waals surface area (Å²) in [6.45, 7) is 4.50. The summed E-state index contributed by atoms with van der Waals surface area (Å²) in [4.78, 5) is 16.3. The lowest BCUT2D eigenvalue weighted by Crippen LogP contribution is -2.11. The van der Waals surface area contributed by atoms with Gasteiger partial charge in [-0.2, -0.15) is 0 Å². The molecule has 0 aliphatic carbocycles. The van der Waals surface area contributed by atoms with Crippen LogP contribution in [-0.4, -0.2) is 24.1 Å². The van der Waals surface area contributed by atoms with Crippen LogP contribution in [0.25, 0.3) is 10.9 Å². The Morgan fingerprint density at radius 1 is 1.29 bits per heavy atom. The van der Waals surface area contributed by atoms with Gasteiger partial charge in [-0.25, -0.2) is 4.79 Å². The Hall–Kier alpha value is -1.23. The summed E-state index contributed by atoms with van der Waals surface area (Å²) >= 11 is 18.5. The summed E-state index contributed by atoms with van der Waals surface area (Å²) < 4.78 is 5.04. The van der Waals surface area contributed by atoms with Crippen molar-refractivity contribution in [2.24, 2.45) is 0 Å². The number of pyridine rings is 1. The van der Waals surface area contributed by atoms with Crippen molar-refractivity contribution < 1.29 is 9.53 Å². The van der Waals surface area contributed by atoms with Crippen LogP contribution in [-0.2, 0) is 4.74 Å². The first-order valence-corrected chi connectivity index (χ1v) is 7.51. The number of aromatic nitrogens is 1. The first-order chi connectivity index (χ1) is 10.0. The zero-order chi connectivity index (χ0) is 15.6. The number of nitrogens with one attached hydrogen (secondary N) is 1. The van der Waals surface area contributed by atoms with Crippen LogP contribution in [0.5, 0.6) is 0 Å². The number of benzene rings is 1. The smallest absolute Gasteiger partial charge is 0.341 e. The number of esters is 1. The maximum atomic E-state index is 12.1. The number of nitrogens with zero attached hydrogens (tertiary/aromatic N) is 1. The molecule has 0 saturated carbocycles. The molecule has 0 aliphatic rings. The van der Waals surface area contributed by atoms with Gasteiger partial charge in [0.25, 0.3) is 0 Å². The Kier molecular flexibility index (Phi) is 5.14. The quantitative estimate of drug-likeness (QED) is 0.637. The van der Waals surface area contributed by atoms with Gasteiger partial charge in [0, 0.05) is 18.1 Å². The van der Waals surface area contributed by atoms with Crippen LogP contribution in [0.4, 0.5) is 5.69 Å². The van der Waals surface area contributed by atoms with Crippen LogP contribution < -0.4 is 5.32 Å². The third-order valence-electron chi connectivity index (χ3n) is 2.84. The molecule has 1 heterocycles. The van der Waals surface area contributed by atoms with Gasteiger partial charge in [-0.05, 0) is 19.9 Å². The van der Waals surface area contributed by atoms with Gasteiger partial charge in [0.05, 0.1) is 32.9 Å². The fourth-order valence-electron chi connectivity index (χ4n) is 1.99. The van der Waals surface area contributed by atoms with Gasteiger partial charge in [-0.15, -0.1) is 0 Å². The van der Waals surface area contributed by atoms with E-state index in [9.17, 15) is 4.79 Å². The Morgan fingerprint density at radius 3 is 2.62 bits per heavy atom. The minimum absolute atomic E-state index is 0.270. The summed E-state index contributed by atoms with van der Waals surface area (Å²) in [5, 5.41) is 4.59. The largest absolute Gasteiger partial charge is 0.462 e. The zero-order valence-electron chi connectivity index (χ0n) is 11.5. The molecule has 4 nitrogen and oxygen atoms in total. The molecule has 0 fully saturated rings. The molecule has 1 aromatic carbocycles. The topological polar surface area (TPSA) is 51.2 Å². The van der Waals surface area contributed by atoms with Crippen LogP contribution >= 0.6 is 34.8 Å². The number of ether oxygens (including phenoxy) is 1. The molecule has 0 bridgehead atoms. The SMILES string of the molecule is CCNc1c(C(=O)OCC)cnc2c(Cl)cc(Cl)c(Cl)c12. The van der Waals surface area contributed by atoms with E-state index in [4.69, 9.17) is 39.5 Å². The summed E-state index contributed by atoms with van der Waals surface area (Å²) in [6.07, 6.45) is 1.43. The monoisotopic (exact) mass is 346 g/mol. The Balaban J connectivity index is 2.81. The molecular formula is C14H13Cl3N2O2. The van der Waals surface area contributed by atoms with Crippen molar-refractivity contribution in [1.29, 1.82) is 0 Å². The highest BCUT2D eigenvalue weighted by molar-refractivity contribution is 6.48. The van der Waals surface area contributed by atoms with Gasteiger partial charge in [0.15, 0.2) is 0 Å². The van der Waals surface area contributed by atoms with Crippen molar-refractivity contribution >= 4 is 57.4 Å². The third kappa shape index (κ3) is 3.03. The fourth-order valence-corrected chi connectivity index (χ4v) is 2.74. The van der Waals surface area contributed by atoms with Crippen molar-refractivity contribution in [2.75, 3.05) is 18.5 Å². The number of anilines is 1. The number of carbonyl (C=O) groups excluding carboxylic acids is 1. The molecule has 0 aliphatic heterocycles. The average Bonchev–Trinajstić information content (AvgIpc) is 2.45. The predicted octanol–water partition coefficient (Wildman–Crippen LogP) is 4.80. The number of rotatable bonds is 4. The minimum atomic E-state index is -0.477. The Bertz CT molecular complexity index is 704. The normalized spacial score (nSPS) is 10.7. The molecule has 0 amide bonds. The van der Waals surface area contributed by atoms with Gasteiger partial charge in [-0.3, -0.25) is 4.98 Å². The molecule has 112 valence electrons. The molecule has 1 N–H and O–H groups in total. The second-order valence-electron chi connectivity index (χ2n) is 4.18. The lowest BCUT2D eigenvalue weighted by Gasteiger charge is -2.15. The van der Waals surface area contributed by atoms with Crippen LogP contribution in [0.15, 0.2) is 12.3 Å². The molecule has 0 spiro atoms. The van der Waals surface area contributed by atoms with E-state index >= 15 is 0 Å². The summed E-state index contributed by atoms with van der Waals surface area (Å²) in [6, 6.07) is 1.53. The van der Waals surface area contributed by atoms with Crippen LogP contribution in [0.3, 0.4) is 0 Å². The van der Waals surface area contributed by atoms with E-state index < -0.39 is 5.97 Å². The molecule has 1 aromatic heterocycles. The number of carbonyl (C=O) groups is 1. The molecule has 0 unspecified atom stereocenters. The zero-order valence-corrected chi connectivity index (χ0v) is 13.7. The lowest BCUT2D eigenvalue weighted by molar-refractivity contribution is 0.0527. The van der Waals surface area contributed by atoms with Gasteiger partial charge in [0.1, 0.15) is 5.56 Å². The number of halogens is 3. The summed E-state index contributed by atoms with van der Waals surface area (Å²) in [5.41, 5.74) is 1.30. The molecule has 0 radical (unpaired) electrons. The van der Waals surface area contributed by atoms with E-state index in [1.807, 2.05) is 6.92 Å². The molecule has 21 heavy (non-hydrogen) atoms. The van der Waals surface area contributed by atoms with Crippen molar-refractivity contribution in [1.82, 2.24) is 4.98 Å². The van der Waals surface area contributed by atoms with Crippen LogP contribution in [0.2, 0.25) is 15.1 Å². The Labute approximate surface area is 137 Å². The maximum absolute atomic E-state index is 12.1. The second-order valence-corrected chi connectivity index (χ2v) is 5.37. The van der Waals surface area contributed by atoms with E-state index in [1.165, 1.54) is 12.3 Å². The van der Waals surface area contributed by atoms with E-state index in [0.717, 1.165) is 0 Å². The van der Waals surface area contributed by atoms with Gasteiger partial charge < -0.3 is 10.1 Å². The number of hydrogen-bond donors (Lipinski definition) is 1. The summed E-state index contributed by atoms with van der Waals surface area (Å²) in [5.74, 6) is -0.477. The second kappa shape index (κ2) is 6.69. The van der Waals surface area contributed by atoms with Gasteiger partial charge in [-0.1, -0.05) is 34.8 Å². The number of fused-ring (bicyclic) bond motifs is 1. The average molecular weight is 348 g/mol. The molecular weight excluding hydrogens is 335 g/mol. The van der Waals surface area contributed by atoms with Crippen molar-refractivity contribution in [3.63, 3.8) is 0 Å². The molecule has 2 rings (SSSR count). The van der Waals surface area contributed by atoms with Crippen molar-refractivity contribution in [2.45, 2.75) is 13.8 Å². The molecule has 7 heteroatoms. The predicted molar refractivity (Wildman–Crippen MR) is 86.9 cm³/mol. The first-order valence-electron chi connectivity index (χ1n) is 6.38. The van der Waals surface area contributed by atoms with Gasteiger partial charge >= 0.3 is 5.97 Å². The molecule has 0 saturated heterocycles. The molecule has 0 atom stereocenters. The highest BCUT2D eigenvalue weighted by Crippen LogP contribution is 2.40. The molecule has 2 aromatic rings. The minimum Gasteiger partial charge on any atom is -0.462 e. The van der Waals surface area contributed by atoms with Crippen LogP contribution in [0, 0.1) is 0 Å².